The Kier molecular flexibility index (Phi) is 4.39. The van der Waals surface area contributed by atoms with Crippen LogP contribution in [0.15, 0.2) is 24.3 Å². The topological polar surface area (TPSA) is 18.5 Å². The molecule has 0 amide bonds. The molecule has 4 aliphatic rings. The molecule has 1 aromatic rings. The summed E-state index contributed by atoms with van der Waals surface area (Å²) in [7, 11) is 0. The van der Waals surface area contributed by atoms with Crippen LogP contribution >= 0.6 is 12.4 Å². The van der Waals surface area contributed by atoms with E-state index < -0.39 is 0 Å². The van der Waals surface area contributed by atoms with Gasteiger partial charge in [-0.05, 0) is 49.3 Å². The summed E-state index contributed by atoms with van der Waals surface area (Å²) in [5.41, 5.74) is 3.32. The molecule has 0 radical (unpaired) electrons. The third-order valence-electron chi connectivity index (χ3n) is 6.30. The Labute approximate surface area is 145 Å². The van der Waals surface area contributed by atoms with Gasteiger partial charge in [0.05, 0.1) is 0 Å². The van der Waals surface area contributed by atoms with Crippen molar-refractivity contribution >= 4 is 12.4 Å². The monoisotopic (exact) mass is 333 g/mol. The number of rotatable bonds is 4. The maximum atomic E-state index is 3.40. The van der Waals surface area contributed by atoms with Gasteiger partial charge in [0.2, 0.25) is 0 Å². The van der Waals surface area contributed by atoms with Gasteiger partial charge in [-0.2, -0.15) is 0 Å². The van der Waals surface area contributed by atoms with E-state index in [4.69, 9.17) is 0 Å². The second kappa shape index (κ2) is 6.36. The Morgan fingerprint density at radius 3 is 2.30 bits per heavy atom. The summed E-state index contributed by atoms with van der Waals surface area (Å²) >= 11 is 0. The quantitative estimate of drug-likeness (QED) is 0.914. The van der Waals surface area contributed by atoms with Crippen LogP contribution in [0.25, 0.3) is 0 Å². The average molecular weight is 334 g/mol. The third kappa shape index (κ3) is 2.82. The zero-order valence-electron chi connectivity index (χ0n) is 13.8. The first-order valence-electron chi connectivity index (χ1n) is 9.19. The highest BCUT2D eigenvalue weighted by molar-refractivity contribution is 5.85. The fourth-order valence-electron chi connectivity index (χ4n) is 4.67. The number of hydrogen-bond acceptors (Lipinski definition) is 3. The van der Waals surface area contributed by atoms with Crippen molar-refractivity contribution in [3.8, 4) is 0 Å². The molecule has 5 rings (SSSR count). The van der Waals surface area contributed by atoms with Crippen LogP contribution in [0.3, 0.4) is 0 Å². The van der Waals surface area contributed by atoms with E-state index in [0.717, 1.165) is 18.0 Å². The van der Waals surface area contributed by atoms with Crippen LogP contribution in [-0.2, 0) is 0 Å². The maximum Gasteiger partial charge on any atom is 0.0356 e. The van der Waals surface area contributed by atoms with Crippen LogP contribution < -0.4 is 5.32 Å². The first-order chi connectivity index (χ1) is 10.9. The van der Waals surface area contributed by atoms with Crippen molar-refractivity contribution < 1.29 is 0 Å². The van der Waals surface area contributed by atoms with Crippen LogP contribution in [0.1, 0.15) is 48.8 Å². The van der Waals surface area contributed by atoms with Crippen LogP contribution in [-0.4, -0.2) is 54.6 Å². The van der Waals surface area contributed by atoms with E-state index in [9.17, 15) is 0 Å². The molecule has 0 spiro atoms. The van der Waals surface area contributed by atoms with Gasteiger partial charge >= 0.3 is 0 Å². The van der Waals surface area contributed by atoms with Gasteiger partial charge in [0.15, 0.2) is 0 Å². The van der Waals surface area contributed by atoms with Gasteiger partial charge in [0, 0.05) is 44.3 Å². The minimum atomic E-state index is 0. The van der Waals surface area contributed by atoms with E-state index >= 15 is 0 Å². The van der Waals surface area contributed by atoms with E-state index in [0.29, 0.717) is 6.04 Å². The fourth-order valence-corrected chi connectivity index (χ4v) is 4.67. The summed E-state index contributed by atoms with van der Waals surface area (Å²) < 4.78 is 0. The highest BCUT2D eigenvalue weighted by atomic mass is 35.5. The summed E-state index contributed by atoms with van der Waals surface area (Å²) in [5, 5.41) is 3.40. The molecular formula is C19H28ClN3. The van der Waals surface area contributed by atoms with Crippen molar-refractivity contribution in [2.24, 2.45) is 0 Å². The molecule has 0 aromatic heterocycles. The standard InChI is InChI=1S/C19H27N3.ClH/c1-2-5-18(17(4-1)14-7-8-14)19-6-3-9-22(19)16-12-21(13-16)15-10-20-11-15;/h1-2,4-5,14-16,19-20H,3,6-13H2;1H. The first-order valence-corrected chi connectivity index (χ1v) is 9.19. The number of hydrogen-bond donors (Lipinski definition) is 1. The average Bonchev–Trinajstić information content (AvgIpc) is 3.19. The van der Waals surface area contributed by atoms with Crippen molar-refractivity contribution in [1.82, 2.24) is 15.1 Å². The molecule has 3 saturated heterocycles. The normalized spacial score (nSPS) is 29.8. The van der Waals surface area contributed by atoms with E-state index in [2.05, 4.69) is 39.4 Å². The Morgan fingerprint density at radius 1 is 0.913 bits per heavy atom. The first kappa shape index (κ1) is 15.9. The van der Waals surface area contributed by atoms with Crippen molar-refractivity contribution in [2.75, 3.05) is 32.7 Å². The van der Waals surface area contributed by atoms with Crippen LogP contribution in [0.2, 0.25) is 0 Å². The molecule has 3 nitrogen and oxygen atoms in total. The van der Waals surface area contributed by atoms with Gasteiger partial charge in [-0.15, -0.1) is 12.4 Å². The predicted octanol–water partition coefficient (Wildman–Crippen LogP) is 2.78. The van der Waals surface area contributed by atoms with E-state index in [1.54, 1.807) is 11.1 Å². The van der Waals surface area contributed by atoms with Gasteiger partial charge in [0.1, 0.15) is 0 Å². The smallest absolute Gasteiger partial charge is 0.0356 e. The van der Waals surface area contributed by atoms with E-state index in [1.807, 2.05) is 0 Å². The minimum absolute atomic E-state index is 0. The summed E-state index contributed by atoms with van der Waals surface area (Å²) in [6.45, 7) is 6.33. The Morgan fingerprint density at radius 2 is 1.65 bits per heavy atom. The summed E-state index contributed by atoms with van der Waals surface area (Å²) in [4.78, 5) is 5.52. The van der Waals surface area contributed by atoms with Crippen LogP contribution in [0.5, 0.6) is 0 Å². The van der Waals surface area contributed by atoms with Gasteiger partial charge in [-0.1, -0.05) is 24.3 Å². The summed E-state index contributed by atoms with van der Waals surface area (Å²) in [6, 6.07) is 11.6. The largest absolute Gasteiger partial charge is 0.314 e. The maximum absolute atomic E-state index is 3.40. The lowest BCUT2D eigenvalue weighted by atomic mass is 9.93. The molecule has 1 saturated carbocycles. The number of benzene rings is 1. The molecule has 4 fully saturated rings. The SMILES string of the molecule is Cl.c1ccc(C2CCCN2C2CN(C3CNC3)C2)c(C2CC2)c1. The number of nitrogens with zero attached hydrogens (tertiary/aromatic N) is 2. The Balaban J connectivity index is 0.00000135. The van der Waals surface area contributed by atoms with E-state index in [-0.39, 0.29) is 12.4 Å². The fraction of sp³-hybridized carbons (Fsp3) is 0.684. The lowest BCUT2D eigenvalue weighted by Crippen LogP contribution is -2.68. The molecule has 23 heavy (non-hydrogen) atoms. The molecule has 1 aliphatic carbocycles. The zero-order valence-corrected chi connectivity index (χ0v) is 14.6. The highest BCUT2D eigenvalue weighted by Crippen LogP contribution is 2.46. The van der Waals surface area contributed by atoms with Crippen molar-refractivity contribution in [3.05, 3.63) is 35.4 Å². The van der Waals surface area contributed by atoms with Gasteiger partial charge in [0.25, 0.3) is 0 Å². The second-order valence-corrected chi connectivity index (χ2v) is 7.72. The molecule has 1 unspecified atom stereocenters. The van der Waals surface area contributed by atoms with Crippen LogP contribution in [0, 0.1) is 0 Å². The third-order valence-corrected chi connectivity index (χ3v) is 6.30. The van der Waals surface area contributed by atoms with Crippen molar-refractivity contribution in [1.29, 1.82) is 0 Å². The molecule has 4 heteroatoms. The molecule has 1 atom stereocenters. The Hall–Kier alpha value is -0.610. The second-order valence-electron chi connectivity index (χ2n) is 7.72. The predicted molar refractivity (Wildman–Crippen MR) is 96.4 cm³/mol. The van der Waals surface area contributed by atoms with Gasteiger partial charge < -0.3 is 5.32 Å². The highest BCUT2D eigenvalue weighted by Gasteiger charge is 2.42. The van der Waals surface area contributed by atoms with E-state index in [1.165, 1.54) is 58.4 Å². The molecule has 1 aromatic carbocycles. The summed E-state index contributed by atoms with van der Waals surface area (Å²) in [5.74, 6) is 0.873. The number of nitrogens with one attached hydrogen (secondary N) is 1. The van der Waals surface area contributed by atoms with Gasteiger partial charge in [-0.3, -0.25) is 9.80 Å². The van der Waals surface area contributed by atoms with Crippen LogP contribution in [0.4, 0.5) is 0 Å². The minimum Gasteiger partial charge on any atom is -0.314 e. The molecule has 3 aliphatic heterocycles. The lowest BCUT2D eigenvalue weighted by molar-refractivity contribution is -0.0158. The molecule has 3 heterocycles. The molecular weight excluding hydrogens is 306 g/mol. The van der Waals surface area contributed by atoms with Crippen molar-refractivity contribution in [3.63, 3.8) is 0 Å². The van der Waals surface area contributed by atoms with Gasteiger partial charge in [-0.25, -0.2) is 0 Å². The zero-order chi connectivity index (χ0) is 14.5. The molecule has 1 N–H and O–H groups in total. The number of likely N-dealkylation sites (tertiary alicyclic amines) is 2. The molecule has 126 valence electrons. The summed E-state index contributed by atoms with van der Waals surface area (Å²) in [6.07, 6.45) is 5.57. The number of halogens is 1. The Bertz CT molecular complexity index is 549. The van der Waals surface area contributed by atoms with Crippen molar-refractivity contribution in [2.45, 2.75) is 49.7 Å². The lowest BCUT2D eigenvalue weighted by Gasteiger charge is -2.52. The molecule has 0 bridgehead atoms.